The lowest BCUT2D eigenvalue weighted by Gasteiger charge is -2.38. The van der Waals surface area contributed by atoms with Crippen LogP contribution in [-0.4, -0.2) is 54.3 Å². The molecule has 1 fully saturated rings. The molecular weight excluding hydrogens is 418 g/mol. The molecule has 7 heteroatoms. The van der Waals surface area contributed by atoms with Gasteiger partial charge in [-0.3, -0.25) is 9.78 Å². The zero-order valence-corrected chi connectivity index (χ0v) is 18.6. The minimum absolute atomic E-state index is 0.0301. The molecule has 1 N–H and O–H groups in total. The maximum atomic E-state index is 13.5. The number of rotatable bonds is 5. The summed E-state index contributed by atoms with van der Waals surface area (Å²) in [6.07, 6.45) is 3.48. The van der Waals surface area contributed by atoms with Crippen LogP contribution in [0.1, 0.15) is 28.9 Å². The molecule has 3 heterocycles. The summed E-state index contributed by atoms with van der Waals surface area (Å²) in [6, 6.07) is 19.0. The summed E-state index contributed by atoms with van der Waals surface area (Å²) in [5.74, 6) is 1.51. The number of hydrogen-bond donors (Lipinski definition) is 1. The van der Waals surface area contributed by atoms with Gasteiger partial charge in [-0.1, -0.05) is 18.2 Å². The van der Waals surface area contributed by atoms with Gasteiger partial charge in [-0.2, -0.15) is 0 Å². The number of anilines is 1. The number of morpholine rings is 1. The summed E-state index contributed by atoms with van der Waals surface area (Å²) in [4.78, 5) is 19.5. The zero-order chi connectivity index (χ0) is 22.7. The molecule has 2 aliphatic heterocycles. The molecule has 0 saturated carbocycles. The first-order valence-electron chi connectivity index (χ1n) is 11.1. The van der Waals surface area contributed by atoms with Gasteiger partial charge in [0.1, 0.15) is 30.3 Å². The van der Waals surface area contributed by atoms with E-state index in [0.29, 0.717) is 38.5 Å². The normalized spacial score (nSPS) is 22.0. The number of nitrogens with zero attached hydrogens (tertiary/aromatic N) is 2. The minimum Gasteiger partial charge on any atom is -0.491 e. The van der Waals surface area contributed by atoms with Crippen LogP contribution in [0.4, 0.5) is 5.69 Å². The van der Waals surface area contributed by atoms with Crippen LogP contribution in [0.2, 0.25) is 0 Å². The molecule has 2 aliphatic rings. The van der Waals surface area contributed by atoms with Crippen molar-refractivity contribution in [1.82, 2.24) is 9.88 Å². The van der Waals surface area contributed by atoms with E-state index in [4.69, 9.17) is 14.2 Å². The first kappa shape index (κ1) is 21.3. The smallest absolute Gasteiger partial charge is 0.254 e. The number of ether oxygens (including phenoxy) is 3. The van der Waals surface area contributed by atoms with E-state index in [-0.39, 0.29) is 11.9 Å². The zero-order valence-electron chi connectivity index (χ0n) is 18.6. The molecule has 1 aromatic heterocycles. The molecular formula is C26H27N3O4. The summed E-state index contributed by atoms with van der Waals surface area (Å²) >= 11 is 0. The Kier molecular flexibility index (Phi) is 5.88. The van der Waals surface area contributed by atoms with Gasteiger partial charge in [0.2, 0.25) is 0 Å². The van der Waals surface area contributed by atoms with E-state index in [1.165, 1.54) is 0 Å². The van der Waals surface area contributed by atoms with E-state index >= 15 is 0 Å². The van der Waals surface area contributed by atoms with Gasteiger partial charge >= 0.3 is 0 Å². The Hall–Kier alpha value is -3.58. The van der Waals surface area contributed by atoms with Crippen molar-refractivity contribution in [1.29, 1.82) is 0 Å². The van der Waals surface area contributed by atoms with Crippen molar-refractivity contribution < 1.29 is 19.0 Å². The molecule has 0 aliphatic carbocycles. The van der Waals surface area contributed by atoms with Crippen molar-refractivity contribution in [2.75, 3.05) is 38.3 Å². The summed E-state index contributed by atoms with van der Waals surface area (Å²) in [6.45, 7) is 4.48. The second-order valence-electron chi connectivity index (χ2n) is 8.66. The second kappa shape index (κ2) is 9.11. The molecule has 1 amide bonds. The Balaban J connectivity index is 1.33. The number of hydrogen-bond acceptors (Lipinski definition) is 6. The van der Waals surface area contributed by atoms with Gasteiger partial charge in [-0.25, -0.2) is 0 Å². The number of fused-ring (bicyclic) bond motifs is 1. The molecule has 33 heavy (non-hydrogen) atoms. The minimum atomic E-state index is -0.428. The van der Waals surface area contributed by atoms with Crippen LogP contribution >= 0.6 is 0 Å². The third-order valence-electron chi connectivity index (χ3n) is 5.99. The maximum absolute atomic E-state index is 13.5. The monoisotopic (exact) mass is 445 g/mol. The summed E-state index contributed by atoms with van der Waals surface area (Å²) in [5, 5.41) is 3.53. The van der Waals surface area contributed by atoms with Crippen LogP contribution in [0.25, 0.3) is 0 Å². The van der Waals surface area contributed by atoms with Crippen molar-refractivity contribution in [3.05, 3.63) is 84.2 Å². The van der Waals surface area contributed by atoms with Crippen molar-refractivity contribution in [2.24, 2.45) is 0 Å². The number of para-hydroxylation sites is 1. The van der Waals surface area contributed by atoms with Crippen LogP contribution in [-0.2, 0) is 4.74 Å². The SMILES string of the molecule is CC1(COc2ccccc2)COc2ccc(C(=O)N3CCOCC3c3ccncc3)cc2N1. The molecule has 2 aromatic carbocycles. The van der Waals surface area contributed by atoms with Gasteiger partial charge in [0, 0.05) is 24.5 Å². The standard InChI is InChI=1S/C26H27N3O4/c1-26(17-32-21-5-3-2-4-6-21)18-33-24-8-7-20(15-22(24)28-26)25(30)29-13-14-31-16-23(29)19-9-11-27-12-10-19/h2-12,15,23,28H,13-14,16-18H2,1H3. The predicted octanol–water partition coefficient (Wildman–Crippen LogP) is 3.94. The first-order valence-corrected chi connectivity index (χ1v) is 11.1. The summed E-state index contributed by atoms with van der Waals surface area (Å²) in [5.41, 5.74) is 1.99. The number of carbonyl (C=O) groups is 1. The Labute approximate surface area is 193 Å². The highest BCUT2D eigenvalue weighted by atomic mass is 16.5. The molecule has 170 valence electrons. The second-order valence-corrected chi connectivity index (χ2v) is 8.66. The maximum Gasteiger partial charge on any atom is 0.254 e. The fraction of sp³-hybridized carbons (Fsp3) is 0.308. The molecule has 7 nitrogen and oxygen atoms in total. The highest BCUT2D eigenvalue weighted by Crippen LogP contribution is 2.35. The third-order valence-corrected chi connectivity index (χ3v) is 5.99. The van der Waals surface area contributed by atoms with Gasteiger partial charge in [-0.15, -0.1) is 0 Å². The van der Waals surface area contributed by atoms with Gasteiger partial charge < -0.3 is 24.4 Å². The van der Waals surface area contributed by atoms with Crippen LogP contribution in [0.15, 0.2) is 73.1 Å². The van der Waals surface area contributed by atoms with Gasteiger partial charge in [0.05, 0.1) is 24.9 Å². The fourth-order valence-electron chi connectivity index (χ4n) is 4.20. The molecule has 0 radical (unpaired) electrons. The lowest BCUT2D eigenvalue weighted by atomic mass is 10.0. The largest absolute Gasteiger partial charge is 0.491 e. The van der Waals surface area contributed by atoms with Gasteiger partial charge in [0.15, 0.2) is 0 Å². The molecule has 0 spiro atoms. The topological polar surface area (TPSA) is 72.9 Å². The molecule has 2 atom stereocenters. The molecule has 3 aromatic rings. The van der Waals surface area contributed by atoms with Gasteiger partial charge in [0.25, 0.3) is 5.91 Å². The number of carbonyl (C=O) groups excluding carboxylic acids is 1. The highest BCUT2D eigenvalue weighted by Gasteiger charge is 2.34. The number of benzene rings is 2. The van der Waals surface area contributed by atoms with E-state index in [1.54, 1.807) is 12.4 Å². The quantitative estimate of drug-likeness (QED) is 0.642. The van der Waals surface area contributed by atoms with E-state index in [1.807, 2.05) is 65.6 Å². The molecule has 0 bridgehead atoms. The Morgan fingerprint density at radius 1 is 1.18 bits per heavy atom. The van der Waals surface area contributed by atoms with E-state index in [2.05, 4.69) is 17.2 Å². The van der Waals surface area contributed by atoms with Crippen molar-refractivity contribution in [3.8, 4) is 11.5 Å². The predicted molar refractivity (Wildman–Crippen MR) is 125 cm³/mol. The van der Waals surface area contributed by atoms with Crippen LogP contribution < -0.4 is 14.8 Å². The average molecular weight is 446 g/mol. The Morgan fingerprint density at radius 3 is 2.82 bits per heavy atom. The van der Waals surface area contributed by atoms with Crippen LogP contribution in [0.5, 0.6) is 11.5 Å². The summed E-state index contributed by atoms with van der Waals surface area (Å²) in [7, 11) is 0. The Bertz CT molecular complexity index is 1110. The molecule has 5 rings (SSSR count). The average Bonchev–Trinajstić information content (AvgIpc) is 2.88. The van der Waals surface area contributed by atoms with E-state index in [9.17, 15) is 4.79 Å². The fourth-order valence-corrected chi connectivity index (χ4v) is 4.20. The number of aromatic nitrogens is 1. The van der Waals surface area contributed by atoms with E-state index < -0.39 is 5.54 Å². The van der Waals surface area contributed by atoms with Crippen molar-refractivity contribution in [3.63, 3.8) is 0 Å². The number of amides is 1. The van der Waals surface area contributed by atoms with Crippen LogP contribution in [0, 0.1) is 0 Å². The summed E-state index contributed by atoms with van der Waals surface area (Å²) < 4.78 is 17.6. The van der Waals surface area contributed by atoms with Crippen LogP contribution in [0.3, 0.4) is 0 Å². The number of nitrogens with one attached hydrogen (secondary N) is 1. The lowest BCUT2D eigenvalue weighted by Crippen LogP contribution is -2.49. The van der Waals surface area contributed by atoms with E-state index in [0.717, 1.165) is 22.7 Å². The van der Waals surface area contributed by atoms with Crippen molar-refractivity contribution >= 4 is 11.6 Å². The third kappa shape index (κ3) is 4.64. The molecule has 2 unspecified atom stereocenters. The number of pyridine rings is 1. The van der Waals surface area contributed by atoms with Crippen molar-refractivity contribution in [2.45, 2.75) is 18.5 Å². The molecule has 1 saturated heterocycles. The lowest BCUT2D eigenvalue weighted by molar-refractivity contribution is -0.00272. The van der Waals surface area contributed by atoms with Gasteiger partial charge in [-0.05, 0) is 55.0 Å². The highest BCUT2D eigenvalue weighted by molar-refractivity contribution is 5.96. The first-order chi connectivity index (χ1) is 16.1. The Morgan fingerprint density at radius 2 is 2.00 bits per heavy atom.